The molecule has 104 valence electrons. The van der Waals surface area contributed by atoms with E-state index in [9.17, 15) is 13.6 Å². The molecule has 1 N–H and O–H groups in total. The van der Waals surface area contributed by atoms with Crippen LogP contribution in [0.1, 0.15) is 16.1 Å². The molecule has 0 bridgehead atoms. The summed E-state index contributed by atoms with van der Waals surface area (Å²) < 4.78 is 27.5. The van der Waals surface area contributed by atoms with Crippen molar-refractivity contribution < 1.29 is 18.7 Å². The summed E-state index contributed by atoms with van der Waals surface area (Å²) in [7, 11) is 0. The Morgan fingerprint density at radius 1 is 1.35 bits per heavy atom. The number of thioether (sulfide) groups is 1. The van der Waals surface area contributed by atoms with Crippen LogP contribution in [0.4, 0.5) is 8.78 Å². The molecule has 7 heteroatoms. The van der Waals surface area contributed by atoms with Crippen molar-refractivity contribution in [3.63, 3.8) is 0 Å². The standard InChI is InChI=1S/C13H8BrF2NO2S/c14-9-1-2-10(15)8(12(9)16)6-20-7-3-4-17-11(5-7)13(18)19/h1-5H,6H2,(H,18,19). The van der Waals surface area contributed by atoms with E-state index < -0.39 is 17.6 Å². The van der Waals surface area contributed by atoms with Crippen LogP contribution in [0.2, 0.25) is 0 Å². The average Bonchev–Trinajstić information content (AvgIpc) is 2.43. The number of pyridine rings is 1. The second kappa shape index (κ2) is 6.32. The van der Waals surface area contributed by atoms with Gasteiger partial charge >= 0.3 is 5.97 Å². The number of halogens is 3. The Balaban J connectivity index is 2.19. The summed E-state index contributed by atoms with van der Waals surface area (Å²) in [5.41, 5.74) is -0.164. The number of hydrogen-bond donors (Lipinski definition) is 1. The van der Waals surface area contributed by atoms with E-state index in [1.165, 1.54) is 24.4 Å². The van der Waals surface area contributed by atoms with Crippen molar-refractivity contribution in [2.24, 2.45) is 0 Å². The zero-order valence-electron chi connectivity index (χ0n) is 9.94. The van der Waals surface area contributed by atoms with Crippen LogP contribution < -0.4 is 0 Å². The highest BCUT2D eigenvalue weighted by Crippen LogP contribution is 2.28. The van der Waals surface area contributed by atoms with Crippen LogP contribution in [-0.2, 0) is 5.75 Å². The lowest BCUT2D eigenvalue weighted by molar-refractivity contribution is 0.0690. The SMILES string of the molecule is O=C(O)c1cc(SCc2c(F)ccc(Br)c2F)ccn1. The summed E-state index contributed by atoms with van der Waals surface area (Å²) >= 11 is 4.14. The van der Waals surface area contributed by atoms with E-state index in [2.05, 4.69) is 20.9 Å². The molecule has 0 radical (unpaired) electrons. The third-order valence-corrected chi connectivity index (χ3v) is 4.11. The maximum Gasteiger partial charge on any atom is 0.354 e. The van der Waals surface area contributed by atoms with Gasteiger partial charge in [-0.15, -0.1) is 11.8 Å². The van der Waals surface area contributed by atoms with Crippen LogP contribution >= 0.6 is 27.7 Å². The third kappa shape index (κ3) is 3.34. The van der Waals surface area contributed by atoms with Gasteiger partial charge in [0.1, 0.15) is 17.3 Å². The van der Waals surface area contributed by atoms with Gasteiger partial charge in [0.2, 0.25) is 0 Å². The molecule has 1 heterocycles. The lowest BCUT2D eigenvalue weighted by Gasteiger charge is -2.06. The topological polar surface area (TPSA) is 50.2 Å². The Morgan fingerprint density at radius 2 is 2.10 bits per heavy atom. The molecule has 1 aromatic carbocycles. The van der Waals surface area contributed by atoms with Crippen LogP contribution in [0.15, 0.2) is 39.8 Å². The van der Waals surface area contributed by atoms with Gasteiger partial charge in [-0.05, 0) is 40.2 Å². The minimum atomic E-state index is -1.15. The molecule has 0 atom stereocenters. The average molecular weight is 360 g/mol. The predicted octanol–water partition coefficient (Wildman–Crippen LogP) is 4.11. The number of rotatable bonds is 4. The van der Waals surface area contributed by atoms with E-state index in [-0.39, 0.29) is 21.5 Å². The van der Waals surface area contributed by atoms with Crippen LogP contribution in [0.25, 0.3) is 0 Å². The van der Waals surface area contributed by atoms with Crippen molar-refractivity contribution >= 4 is 33.7 Å². The van der Waals surface area contributed by atoms with Gasteiger partial charge in [0.15, 0.2) is 0 Å². The van der Waals surface area contributed by atoms with Crippen molar-refractivity contribution in [1.29, 1.82) is 0 Å². The van der Waals surface area contributed by atoms with E-state index >= 15 is 0 Å². The molecule has 0 spiro atoms. The molecule has 0 amide bonds. The van der Waals surface area contributed by atoms with Crippen LogP contribution in [0, 0.1) is 11.6 Å². The quantitative estimate of drug-likeness (QED) is 0.659. The molecule has 0 aliphatic rings. The number of aromatic carboxylic acids is 1. The highest BCUT2D eigenvalue weighted by atomic mass is 79.9. The van der Waals surface area contributed by atoms with Gasteiger partial charge in [-0.25, -0.2) is 18.6 Å². The zero-order chi connectivity index (χ0) is 14.7. The molecule has 2 aromatic rings. The second-order valence-electron chi connectivity index (χ2n) is 3.79. The minimum absolute atomic E-state index is 0.0557. The maximum atomic E-state index is 13.8. The summed E-state index contributed by atoms with van der Waals surface area (Å²) in [4.78, 5) is 15.0. The molecule has 2 rings (SSSR count). The molecule has 0 fully saturated rings. The molecular weight excluding hydrogens is 352 g/mol. The Bertz CT molecular complexity index is 667. The second-order valence-corrected chi connectivity index (χ2v) is 5.70. The fourth-order valence-corrected chi connectivity index (χ4v) is 2.77. The Hall–Kier alpha value is -1.47. The van der Waals surface area contributed by atoms with Crippen LogP contribution in [-0.4, -0.2) is 16.1 Å². The number of aromatic nitrogens is 1. The first-order valence-electron chi connectivity index (χ1n) is 5.43. The fourth-order valence-electron chi connectivity index (χ4n) is 1.47. The summed E-state index contributed by atoms with van der Waals surface area (Å²) in [5.74, 6) is -2.37. The van der Waals surface area contributed by atoms with Crippen molar-refractivity contribution in [2.75, 3.05) is 0 Å². The number of nitrogens with zero attached hydrogens (tertiary/aromatic N) is 1. The molecule has 3 nitrogen and oxygen atoms in total. The van der Waals surface area contributed by atoms with E-state index in [0.29, 0.717) is 4.90 Å². The summed E-state index contributed by atoms with van der Waals surface area (Å²) in [6.07, 6.45) is 1.35. The molecule has 1 aromatic heterocycles. The van der Waals surface area contributed by atoms with Crippen molar-refractivity contribution in [2.45, 2.75) is 10.6 Å². The summed E-state index contributed by atoms with van der Waals surface area (Å²) in [5, 5.41) is 8.82. The number of carboxylic acids is 1. The van der Waals surface area contributed by atoms with Gasteiger partial charge < -0.3 is 5.11 Å². The Labute approximate surface area is 126 Å². The van der Waals surface area contributed by atoms with Gasteiger partial charge in [0.25, 0.3) is 0 Å². The normalized spacial score (nSPS) is 10.6. The molecular formula is C13H8BrF2NO2S. The lowest BCUT2D eigenvalue weighted by Crippen LogP contribution is -1.99. The Kier molecular flexibility index (Phi) is 4.72. The van der Waals surface area contributed by atoms with Crippen LogP contribution in [0.5, 0.6) is 0 Å². The molecule has 20 heavy (non-hydrogen) atoms. The number of hydrogen-bond acceptors (Lipinski definition) is 3. The fraction of sp³-hybridized carbons (Fsp3) is 0.0769. The van der Waals surface area contributed by atoms with Gasteiger partial charge in [-0.3, -0.25) is 0 Å². The predicted molar refractivity (Wildman–Crippen MR) is 74.8 cm³/mol. The van der Waals surface area contributed by atoms with Gasteiger partial charge in [0, 0.05) is 22.4 Å². The first-order valence-corrected chi connectivity index (χ1v) is 7.21. The van der Waals surface area contributed by atoms with Crippen molar-refractivity contribution in [3.05, 3.63) is 57.8 Å². The van der Waals surface area contributed by atoms with Gasteiger partial charge in [-0.2, -0.15) is 0 Å². The summed E-state index contributed by atoms with van der Waals surface area (Å²) in [6.45, 7) is 0. The van der Waals surface area contributed by atoms with E-state index in [4.69, 9.17) is 5.11 Å². The lowest BCUT2D eigenvalue weighted by atomic mass is 10.2. The highest BCUT2D eigenvalue weighted by molar-refractivity contribution is 9.10. The Morgan fingerprint density at radius 3 is 2.80 bits per heavy atom. The van der Waals surface area contributed by atoms with E-state index in [1.807, 2.05) is 0 Å². The number of carboxylic acid groups (broad SMARTS) is 1. The highest BCUT2D eigenvalue weighted by Gasteiger charge is 2.13. The largest absolute Gasteiger partial charge is 0.477 e. The molecule has 0 aliphatic heterocycles. The van der Waals surface area contributed by atoms with Crippen molar-refractivity contribution in [3.8, 4) is 0 Å². The minimum Gasteiger partial charge on any atom is -0.477 e. The number of carbonyl (C=O) groups is 1. The van der Waals surface area contributed by atoms with E-state index in [0.717, 1.165) is 11.8 Å². The van der Waals surface area contributed by atoms with Gasteiger partial charge in [-0.1, -0.05) is 0 Å². The first kappa shape index (κ1) is 14.9. The van der Waals surface area contributed by atoms with E-state index in [1.54, 1.807) is 6.07 Å². The number of benzene rings is 1. The molecule has 0 aliphatic carbocycles. The monoisotopic (exact) mass is 359 g/mol. The third-order valence-electron chi connectivity index (χ3n) is 2.47. The maximum absolute atomic E-state index is 13.8. The summed E-state index contributed by atoms with van der Waals surface area (Å²) in [6, 6.07) is 5.43. The molecule has 0 saturated heterocycles. The zero-order valence-corrected chi connectivity index (χ0v) is 12.3. The molecule has 0 saturated carbocycles. The first-order chi connectivity index (χ1) is 9.49. The molecule has 0 unspecified atom stereocenters. The smallest absolute Gasteiger partial charge is 0.354 e. The van der Waals surface area contributed by atoms with Gasteiger partial charge in [0.05, 0.1) is 4.47 Å². The van der Waals surface area contributed by atoms with Crippen molar-refractivity contribution in [1.82, 2.24) is 4.98 Å². The van der Waals surface area contributed by atoms with Crippen LogP contribution in [0.3, 0.4) is 0 Å².